The SMILES string of the molecule is O=C(CN1CCCc2ccccc21)NN=Cc1ccccc1O. The summed E-state index contributed by atoms with van der Waals surface area (Å²) < 4.78 is 0. The molecule has 23 heavy (non-hydrogen) atoms. The Morgan fingerprint density at radius 2 is 2.00 bits per heavy atom. The third kappa shape index (κ3) is 3.69. The van der Waals surface area contributed by atoms with Gasteiger partial charge < -0.3 is 10.0 Å². The number of hydrogen-bond donors (Lipinski definition) is 2. The summed E-state index contributed by atoms with van der Waals surface area (Å²) in [5.41, 5.74) is 5.49. The molecule has 0 saturated heterocycles. The first-order chi connectivity index (χ1) is 11.2. The van der Waals surface area contributed by atoms with Gasteiger partial charge in [0.1, 0.15) is 5.75 Å². The molecular weight excluding hydrogens is 290 g/mol. The Morgan fingerprint density at radius 3 is 2.87 bits per heavy atom. The lowest BCUT2D eigenvalue weighted by Crippen LogP contribution is -2.38. The van der Waals surface area contributed by atoms with E-state index in [-0.39, 0.29) is 18.2 Å². The highest BCUT2D eigenvalue weighted by Gasteiger charge is 2.18. The number of aryl methyl sites for hydroxylation is 1. The first kappa shape index (κ1) is 15.1. The zero-order chi connectivity index (χ0) is 16.1. The fraction of sp³-hybridized carbons (Fsp3) is 0.222. The van der Waals surface area contributed by atoms with E-state index in [0.717, 1.165) is 25.1 Å². The number of phenols is 1. The molecule has 5 heteroatoms. The predicted octanol–water partition coefficient (Wildman–Crippen LogP) is 2.30. The van der Waals surface area contributed by atoms with E-state index in [4.69, 9.17) is 0 Å². The van der Waals surface area contributed by atoms with Crippen molar-refractivity contribution < 1.29 is 9.90 Å². The summed E-state index contributed by atoms with van der Waals surface area (Å²) in [7, 11) is 0. The van der Waals surface area contributed by atoms with E-state index in [1.807, 2.05) is 18.2 Å². The number of benzene rings is 2. The second-order valence-corrected chi connectivity index (χ2v) is 5.51. The quantitative estimate of drug-likeness (QED) is 0.673. The first-order valence-corrected chi connectivity index (χ1v) is 7.67. The molecule has 0 saturated carbocycles. The molecule has 1 aliphatic heterocycles. The average molecular weight is 309 g/mol. The Bertz CT molecular complexity index is 728. The van der Waals surface area contributed by atoms with Crippen LogP contribution in [0, 0.1) is 0 Å². The maximum atomic E-state index is 12.1. The van der Waals surface area contributed by atoms with Crippen LogP contribution in [0.2, 0.25) is 0 Å². The van der Waals surface area contributed by atoms with Gasteiger partial charge in [-0.1, -0.05) is 30.3 Å². The Hall–Kier alpha value is -2.82. The van der Waals surface area contributed by atoms with Crippen LogP contribution in [-0.4, -0.2) is 30.3 Å². The van der Waals surface area contributed by atoms with Gasteiger partial charge in [0.25, 0.3) is 5.91 Å². The van der Waals surface area contributed by atoms with Crippen LogP contribution in [0.4, 0.5) is 5.69 Å². The summed E-state index contributed by atoms with van der Waals surface area (Å²) in [6, 6.07) is 15.0. The zero-order valence-corrected chi connectivity index (χ0v) is 12.8. The van der Waals surface area contributed by atoms with Crippen molar-refractivity contribution >= 4 is 17.8 Å². The number of nitrogens with zero attached hydrogens (tertiary/aromatic N) is 2. The lowest BCUT2D eigenvalue weighted by atomic mass is 10.0. The number of carbonyl (C=O) groups is 1. The van der Waals surface area contributed by atoms with Crippen LogP contribution >= 0.6 is 0 Å². The van der Waals surface area contributed by atoms with Crippen molar-refractivity contribution in [3.05, 3.63) is 59.7 Å². The second kappa shape index (κ2) is 6.96. The van der Waals surface area contributed by atoms with E-state index in [1.165, 1.54) is 11.8 Å². The number of rotatable bonds is 4. The number of amides is 1. The van der Waals surface area contributed by atoms with Crippen molar-refractivity contribution in [1.82, 2.24) is 5.43 Å². The van der Waals surface area contributed by atoms with E-state index in [0.29, 0.717) is 5.56 Å². The molecule has 118 valence electrons. The number of phenolic OH excluding ortho intramolecular Hbond substituents is 1. The van der Waals surface area contributed by atoms with Crippen LogP contribution in [0.5, 0.6) is 5.75 Å². The van der Waals surface area contributed by atoms with Gasteiger partial charge in [-0.3, -0.25) is 4.79 Å². The number of hydrogen-bond acceptors (Lipinski definition) is 4. The number of aromatic hydroxyl groups is 1. The monoisotopic (exact) mass is 309 g/mol. The highest BCUT2D eigenvalue weighted by molar-refractivity contribution is 5.86. The van der Waals surface area contributed by atoms with Gasteiger partial charge >= 0.3 is 0 Å². The maximum Gasteiger partial charge on any atom is 0.259 e. The molecule has 2 N–H and O–H groups in total. The number of carbonyl (C=O) groups excluding carboxylic acids is 1. The Kier molecular flexibility index (Phi) is 4.57. The van der Waals surface area contributed by atoms with E-state index in [9.17, 15) is 9.90 Å². The summed E-state index contributed by atoms with van der Waals surface area (Å²) in [6.07, 6.45) is 3.54. The number of para-hydroxylation sites is 2. The summed E-state index contributed by atoms with van der Waals surface area (Å²) in [4.78, 5) is 14.1. The molecule has 0 bridgehead atoms. The maximum absolute atomic E-state index is 12.1. The zero-order valence-electron chi connectivity index (χ0n) is 12.8. The van der Waals surface area contributed by atoms with Gasteiger partial charge in [0, 0.05) is 17.8 Å². The second-order valence-electron chi connectivity index (χ2n) is 5.51. The molecular formula is C18H19N3O2. The molecule has 1 heterocycles. The molecule has 0 aromatic heterocycles. The standard InChI is InChI=1S/C18H19N3O2/c22-17-10-4-2-7-15(17)12-19-20-18(23)13-21-11-5-8-14-6-1-3-9-16(14)21/h1-4,6-7,9-10,12,22H,5,8,11,13H2,(H,20,23). The molecule has 0 radical (unpaired) electrons. The minimum atomic E-state index is -0.173. The number of anilines is 1. The topological polar surface area (TPSA) is 64.9 Å². The summed E-state index contributed by atoms with van der Waals surface area (Å²) in [5.74, 6) is -0.0381. The molecule has 2 aromatic carbocycles. The van der Waals surface area contributed by atoms with Gasteiger partial charge in [-0.15, -0.1) is 0 Å². The minimum absolute atomic E-state index is 0.135. The van der Waals surface area contributed by atoms with Crippen molar-refractivity contribution in [1.29, 1.82) is 0 Å². The predicted molar refractivity (Wildman–Crippen MR) is 90.8 cm³/mol. The first-order valence-electron chi connectivity index (χ1n) is 7.67. The van der Waals surface area contributed by atoms with Gasteiger partial charge in [-0.05, 0) is 36.6 Å². The lowest BCUT2D eigenvalue weighted by Gasteiger charge is -2.30. The van der Waals surface area contributed by atoms with Gasteiger partial charge in [-0.25, -0.2) is 5.43 Å². The fourth-order valence-electron chi connectivity index (χ4n) is 2.75. The van der Waals surface area contributed by atoms with E-state index in [1.54, 1.807) is 24.3 Å². The average Bonchev–Trinajstić information content (AvgIpc) is 2.57. The summed E-state index contributed by atoms with van der Waals surface area (Å²) in [5, 5.41) is 13.5. The largest absolute Gasteiger partial charge is 0.507 e. The van der Waals surface area contributed by atoms with Crippen molar-refractivity contribution in [2.75, 3.05) is 18.0 Å². The molecule has 0 aliphatic carbocycles. The van der Waals surface area contributed by atoms with Crippen LogP contribution in [-0.2, 0) is 11.2 Å². The highest BCUT2D eigenvalue weighted by Crippen LogP contribution is 2.26. The van der Waals surface area contributed by atoms with Crippen LogP contribution in [0.3, 0.4) is 0 Å². The third-order valence-electron chi connectivity index (χ3n) is 3.87. The molecule has 2 aromatic rings. The summed E-state index contributed by atoms with van der Waals surface area (Å²) in [6.45, 7) is 1.14. The van der Waals surface area contributed by atoms with Gasteiger partial charge in [-0.2, -0.15) is 5.10 Å². The van der Waals surface area contributed by atoms with Crippen molar-refractivity contribution in [3.63, 3.8) is 0 Å². The van der Waals surface area contributed by atoms with E-state index < -0.39 is 0 Å². The molecule has 0 unspecified atom stereocenters. The Labute approximate surface area is 135 Å². The van der Waals surface area contributed by atoms with Gasteiger partial charge in [0.05, 0.1) is 12.8 Å². The molecule has 0 fully saturated rings. The Balaban J connectivity index is 1.59. The molecule has 1 aliphatic rings. The van der Waals surface area contributed by atoms with Crippen LogP contribution in [0.15, 0.2) is 53.6 Å². The fourth-order valence-corrected chi connectivity index (χ4v) is 2.75. The molecule has 1 amide bonds. The summed E-state index contributed by atoms with van der Waals surface area (Å²) >= 11 is 0. The van der Waals surface area contributed by atoms with Crippen molar-refractivity contribution in [2.45, 2.75) is 12.8 Å². The third-order valence-corrected chi connectivity index (χ3v) is 3.87. The molecule has 5 nitrogen and oxygen atoms in total. The minimum Gasteiger partial charge on any atom is -0.507 e. The lowest BCUT2D eigenvalue weighted by molar-refractivity contribution is -0.119. The Morgan fingerprint density at radius 1 is 1.22 bits per heavy atom. The molecule has 3 rings (SSSR count). The normalized spacial score (nSPS) is 13.8. The van der Waals surface area contributed by atoms with Crippen molar-refractivity contribution in [2.24, 2.45) is 5.10 Å². The number of nitrogens with one attached hydrogen (secondary N) is 1. The van der Waals surface area contributed by atoms with Crippen LogP contribution in [0.1, 0.15) is 17.5 Å². The van der Waals surface area contributed by atoms with Crippen LogP contribution in [0.25, 0.3) is 0 Å². The van der Waals surface area contributed by atoms with Gasteiger partial charge in [0.2, 0.25) is 0 Å². The molecule has 0 atom stereocenters. The van der Waals surface area contributed by atoms with Gasteiger partial charge in [0.15, 0.2) is 0 Å². The highest BCUT2D eigenvalue weighted by atomic mass is 16.3. The van der Waals surface area contributed by atoms with Crippen molar-refractivity contribution in [3.8, 4) is 5.75 Å². The number of hydrazone groups is 1. The number of fused-ring (bicyclic) bond motifs is 1. The van der Waals surface area contributed by atoms with E-state index >= 15 is 0 Å². The smallest absolute Gasteiger partial charge is 0.259 e. The van der Waals surface area contributed by atoms with E-state index in [2.05, 4.69) is 21.5 Å². The van der Waals surface area contributed by atoms with Crippen LogP contribution < -0.4 is 10.3 Å². The molecule has 0 spiro atoms.